The highest BCUT2D eigenvalue weighted by Crippen LogP contribution is 2.37. The Kier molecular flexibility index (Phi) is 3.33. The normalized spacial score (nSPS) is 14.1. The largest absolute Gasteiger partial charge is 0.473 e. The van der Waals surface area contributed by atoms with Crippen LogP contribution >= 0.6 is 11.3 Å². The van der Waals surface area contributed by atoms with Gasteiger partial charge in [-0.25, -0.2) is 4.98 Å². The van der Waals surface area contributed by atoms with Crippen molar-refractivity contribution in [2.75, 3.05) is 13.7 Å². The number of rotatable bonds is 3. The van der Waals surface area contributed by atoms with Crippen molar-refractivity contribution in [2.45, 2.75) is 12.1 Å². The van der Waals surface area contributed by atoms with Gasteiger partial charge in [0.2, 0.25) is 0 Å². The van der Waals surface area contributed by atoms with Gasteiger partial charge < -0.3 is 10.5 Å². The lowest BCUT2D eigenvalue weighted by atomic mass is 10.1. The zero-order valence-electron chi connectivity index (χ0n) is 7.34. The van der Waals surface area contributed by atoms with Gasteiger partial charge in [-0.15, -0.1) is 0 Å². The van der Waals surface area contributed by atoms with Gasteiger partial charge in [-0.1, -0.05) is 11.3 Å². The van der Waals surface area contributed by atoms with E-state index in [2.05, 4.69) is 4.98 Å². The van der Waals surface area contributed by atoms with E-state index < -0.39 is 18.6 Å². The zero-order chi connectivity index (χ0) is 10.8. The van der Waals surface area contributed by atoms with Crippen LogP contribution in [0.3, 0.4) is 0 Å². The molecule has 3 nitrogen and oxygen atoms in total. The molecule has 1 rings (SSSR count). The first-order valence-corrected chi connectivity index (χ1v) is 4.57. The lowest BCUT2D eigenvalue weighted by molar-refractivity contribution is -0.147. The Morgan fingerprint density at radius 3 is 2.64 bits per heavy atom. The Labute approximate surface area is 82.7 Å². The van der Waals surface area contributed by atoms with Gasteiger partial charge in [-0.2, -0.15) is 13.2 Å². The van der Waals surface area contributed by atoms with Crippen LogP contribution in [0.2, 0.25) is 0 Å². The summed E-state index contributed by atoms with van der Waals surface area (Å²) in [6.07, 6.45) is -3.18. The van der Waals surface area contributed by atoms with Crippen molar-refractivity contribution >= 4 is 11.3 Å². The molecule has 0 aliphatic rings. The third-order valence-corrected chi connectivity index (χ3v) is 2.72. The first-order valence-electron chi connectivity index (χ1n) is 3.75. The van der Waals surface area contributed by atoms with Crippen LogP contribution in [0.5, 0.6) is 5.19 Å². The van der Waals surface area contributed by atoms with E-state index in [1.54, 1.807) is 0 Å². The van der Waals surface area contributed by atoms with E-state index in [1.165, 1.54) is 7.11 Å². The van der Waals surface area contributed by atoms with Gasteiger partial charge in [0.25, 0.3) is 5.19 Å². The molecule has 0 aliphatic heterocycles. The maximum Gasteiger partial charge on any atom is 0.397 e. The van der Waals surface area contributed by atoms with Crippen molar-refractivity contribution in [1.29, 1.82) is 0 Å². The van der Waals surface area contributed by atoms with Crippen LogP contribution in [0.4, 0.5) is 13.2 Å². The lowest BCUT2D eigenvalue weighted by Gasteiger charge is -2.15. The van der Waals surface area contributed by atoms with Crippen LogP contribution in [0.25, 0.3) is 0 Å². The second-order valence-corrected chi connectivity index (χ2v) is 3.59. The minimum absolute atomic E-state index is 0.0804. The molecule has 14 heavy (non-hydrogen) atoms. The molecule has 0 saturated heterocycles. The maximum absolute atomic E-state index is 12.4. The molecule has 0 spiro atoms. The quantitative estimate of drug-likeness (QED) is 0.854. The van der Waals surface area contributed by atoms with E-state index in [0.717, 1.165) is 17.5 Å². The van der Waals surface area contributed by atoms with Crippen LogP contribution in [-0.4, -0.2) is 24.8 Å². The van der Waals surface area contributed by atoms with E-state index >= 15 is 0 Å². The highest BCUT2D eigenvalue weighted by atomic mass is 32.1. The number of hydrogen-bond donors (Lipinski definition) is 1. The average Bonchev–Trinajstić information content (AvgIpc) is 2.51. The fraction of sp³-hybridized carbons (Fsp3) is 0.571. The second-order valence-electron chi connectivity index (χ2n) is 2.56. The molecule has 1 aromatic rings. The van der Waals surface area contributed by atoms with Crippen molar-refractivity contribution in [3.05, 3.63) is 11.1 Å². The summed E-state index contributed by atoms with van der Waals surface area (Å²) in [5.74, 6) is -1.65. The van der Waals surface area contributed by atoms with Gasteiger partial charge >= 0.3 is 6.18 Å². The number of halogens is 3. The van der Waals surface area contributed by atoms with Crippen molar-refractivity contribution < 1.29 is 17.9 Å². The van der Waals surface area contributed by atoms with Gasteiger partial charge in [0.05, 0.1) is 7.11 Å². The molecule has 80 valence electrons. The fourth-order valence-electron chi connectivity index (χ4n) is 0.936. The molecule has 0 aromatic carbocycles. The Morgan fingerprint density at radius 1 is 1.64 bits per heavy atom. The molecular weight excluding hydrogens is 217 g/mol. The molecular formula is C7H9F3N2OS. The Morgan fingerprint density at radius 2 is 2.29 bits per heavy atom. The number of nitrogens with two attached hydrogens (primary N) is 1. The summed E-state index contributed by atoms with van der Waals surface area (Å²) in [6.45, 7) is -0.477. The zero-order valence-corrected chi connectivity index (χ0v) is 8.15. The summed E-state index contributed by atoms with van der Waals surface area (Å²) in [7, 11) is 1.35. The number of aromatic nitrogens is 1. The molecule has 0 amide bonds. The highest BCUT2D eigenvalue weighted by molar-refractivity contribution is 7.13. The summed E-state index contributed by atoms with van der Waals surface area (Å²) < 4.78 is 41.8. The van der Waals surface area contributed by atoms with Gasteiger partial charge in [-0.3, -0.25) is 0 Å². The number of methoxy groups -OCH3 is 1. The monoisotopic (exact) mass is 226 g/mol. The van der Waals surface area contributed by atoms with E-state index in [9.17, 15) is 13.2 Å². The summed E-state index contributed by atoms with van der Waals surface area (Å²) in [5, 5.41) is 0.211. The smallest absolute Gasteiger partial charge is 0.397 e. The van der Waals surface area contributed by atoms with E-state index in [-0.39, 0.29) is 10.1 Å². The number of alkyl halides is 3. The SMILES string of the molecule is COc1ncc(C(CN)C(F)(F)F)s1. The van der Waals surface area contributed by atoms with Crippen LogP contribution in [0.15, 0.2) is 6.20 Å². The number of hydrogen-bond acceptors (Lipinski definition) is 4. The van der Waals surface area contributed by atoms with Gasteiger partial charge in [0.15, 0.2) is 0 Å². The summed E-state index contributed by atoms with van der Waals surface area (Å²) in [5.41, 5.74) is 5.06. The molecule has 0 radical (unpaired) electrons. The van der Waals surface area contributed by atoms with Gasteiger partial charge in [0.1, 0.15) is 5.92 Å². The third-order valence-electron chi connectivity index (χ3n) is 1.65. The maximum atomic E-state index is 12.4. The Balaban J connectivity index is 2.90. The highest BCUT2D eigenvalue weighted by Gasteiger charge is 2.40. The molecule has 1 aromatic heterocycles. The number of ether oxygens (including phenoxy) is 1. The Hall–Kier alpha value is -0.820. The van der Waals surface area contributed by atoms with Gasteiger partial charge in [0, 0.05) is 17.6 Å². The van der Waals surface area contributed by atoms with Crippen LogP contribution in [0.1, 0.15) is 10.8 Å². The molecule has 1 heterocycles. The first kappa shape index (κ1) is 11.3. The standard InChI is InChI=1S/C7H9F3N2OS/c1-13-6-12-3-5(14-6)4(2-11)7(8,9)10/h3-4H,2,11H2,1H3. The molecule has 7 heteroatoms. The van der Waals surface area contributed by atoms with Crippen molar-refractivity contribution in [2.24, 2.45) is 5.73 Å². The fourth-order valence-corrected chi connectivity index (χ4v) is 1.80. The molecule has 0 saturated carbocycles. The predicted molar refractivity (Wildman–Crippen MR) is 46.5 cm³/mol. The van der Waals surface area contributed by atoms with Crippen molar-refractivity contribution in [1.82, 2.24) is 4.98 Å². The van der Waals surface area contributed by atoms with E-state index in [0.29, 0.717) is 0 Å². The third kappa shape index (κ3) is 2.36. The minimum Gasteiger partial charge on any atom is -0.473 e. The summed E-state index contributed by atoms with van der Waals surface area (Å²) in [4.78, 5) is 3.74. The van der Waals surface area contributed by atoms with Gasteiger partial charge in [-0.05, 0) is 0 Å². The molecule has 1 atom stereocenters. The second kappa shape index (κ2) is 4.14. The van der Waals surface area contributed by atoms with Crippen molar-refractivity contribution in [3.8, 4) is 5.19 Å². The molecule has 1 unspecified atom stereocenters. The molecule has 2 N–H and O–H groups in total. The first-order chi connectivity index (χ1) is 6.49. The Bertz CT molecular complexity index is 299. The van der Waals surface area contributed by atoms with E-state index in [4.69, 9.17) is 10.5 Å². The number of nitrogens with zero attached hydrogens (tertiary/aromatic N) is 1. The van der Waals surface area contributed by atoms with Crippen LogP contribution < -0.4 is 10.5 Å². The minimum atomic E-state index is -4.33. The topological polar surface area (TPSA) is 48.1 Å². The predicted octanol–water partition coefficient (Wildman–Crippen LogP) is 1.76. The lowest BCUT2D eigenvalue weighted by Crippen LogP contribution is -2.27. The molecule has 0 bridgehead atoms. The van der Waals surface area contributed by atoms with Crippen molar-refractivity contribution in [3.63, 3.8) is 0 Å². The number of thiazole rings is 1. The molecule has 0 fully saturated rings. The van der Waals surface area contributed by atoms with Crippen LogP contribution in [0, 0.1) is 0 Å². The summed E-state index contributed by atoms with van der Waals surface area (Å²) >= 11 is 0.859. The molecule has 0 aliphatic carbocycles. The van der Waals surface area contributed by atoms with Crippen LogP contribution in [-0.2, 0) is 0 Å². The van der Waals surface area contributed by atoms with E-state index in [1.807, 2.05) is 0 Å². The summed E-state index contributed by atoms with van der Waals surface area (Å²) in [6, 6.07) is 0. The average molecular weight is 226 g/mol.